The number of allylic oxidation sites excluding steroid dienone is 2. The van der Waals surface area contributed by atoms with Crippen LogP contribution in [-0.4, -0.2) is 9.52 Å². The van der Waals surface area contributed by atoms with Gasteiger partial charge in [-0.3, -0.25) is 0 Å². The quantitative estimate of drug-likeness (QED) is 0.314. The largest absolute Gasteiger partial charge is 0.0918 e. The maximum Gasteiger partial charge on any atom is 0.0209 e. The molecule has 0 rings (SSSR count). The Bertz CT molecular complexity index is 67.0. The molecule has 0 aromatic rings. The fraction of sp³-hybridized carbons (Fsp3) is 0.750. The standard InChI is InChI=1S/C8H18Si/c1-3-4-5-6-7-8-9-2/h6-7H,3-5,8-9H2,1-2H3. The maximum absolute atomic E-state index is 2.35. The lowest BCUT2D eigenvalue weighted by Gasteiger charge is -1.86. The van der Waals surface area contributed by atoms with E-state index in [0.29, 0.717) is 9.52 Å². The van der Waals surface area contributed by atoms with Crippen LogP contribution in [0.1, 0.15) is 26.2 Å². The van der Waals surface area contributed by atoms with Crippen molar-refractivity contribution in [3.05, 3.63) is 12.2 Å². The first-order chi connectivity index (χ1) is 4.41. The van der Waals surface area contributed by atoms with Crippen molar-refractivity contribution >= 4 is 9.52 Å². The molecule has 0 unspecified atom stereocenters. The topological polar surface area (TPSA) is 0 Å². The van der Waals surface area contributed by atoms with Crippen molar-refractivity contribution < 1.29 is 0 Å². The lowest BCUT2D eigenvalue weighted by Crippen LogP contribution is -1.73. The van der Waals surface area contributed by atoms with Gasteiger partial charge in [-0.1, -0.05) is 38.5 Å². The molecule has 0 spiro atoms. The van der Waals surface area contributed by atoms with Gasteiger partial charge >= 0.3 is 0 Å². The Morgan fingerprint density at radius 3 is 2.67 bits per heavy atom. The molecule has 0 saturated heterocycles. The molecule has 54 valence electrons. The predicted octanol–water partition coefficient (Wildman–Crippen LogP) is 2.37. The van der Waals surface area contributed by atoms with E-state index in [-0.39, 0.29) is 0 Å². The van der Waals surface area contributed by atoms with Gasteiger partial charge in [0.25, 0.3) is 0 Å². The summed E-state index contributed by atoms with van der Waals surface area (Å²) in [6.45, 7) is 4.59. The van der Waals surface area contributed by atoms with E-state index in [1.807, 2.05) is 0 Å². The summed E-state index contributed by atoms with van der Waals surface area (Å²) in [7, 11) is 0.293. The van der Waals surface area contributed by atoms with Crippen molar-refractivity contribution in [1.82, 2.24) is 0 Å². The molecule has 0 fully saturated rings. The van der Waals surface area contributed by atoms with Gasteiger partial charge in [-0.15, -0.1) is 0 Å². The second kappa shape index (κ2) is 7.96. The third kappa shape index (κ3) is 7.96. The molecule has 0 radical (unpaired) electrons. The van der Waals surface area contributed by atoms with Crippen molar-refractivity contribution in [1.29, 1.82) is 0 Å². The third-order valence-electron chi connectivity index (χ3n) is 1.35. The number of hydrogen-bond acceptors (Lipinski definition) is 0. The fourth-order valence-corrected chi connectivity index (χ4v) is 1.29. The second-order valence-corrected chi connectivity index (χ2v) is 3.98. The lowest BCUT2D eigenvalue weighted by molar-refractivity contribution is 0.814. The van der Waals surface area contributed by atoms with E-state index in [1.54, 1.807) is 0 Å². The van der Waals surface area contributed by atoms with E-state index < -0.39 is 0 Å². The first kappa shape index (κ1) is 8.96. The average Bonchev–Trinajstić information content (AvgIpc) is 1.89. The van der Waals surface area contributed by atoms with Gasteiger partial charge in [0.15, 0.2) is 0 Å². The maximum atomic E-state index is 2.35. The van der Waals surface area contributed by atoms with Gasteiger partial charge in [0.1, 0.15) is 0 Å². The molecule has 0 aliphatic rings. The zero-order valence-corrected chi connectivity index (χ0v) is 8.10. The first-order valence-electron chi connectivity index (χ1n) is 4.06. The van der Waals surface area contributed by atoms with Crippen LogP contribution in [0.4, 0.5) is 0 Å². The van der Waals surface area contributed by atoms with Crippen molar-refractivity contribution in [2.75, 3.05) is 0 Å². The molecule has 0 atom stereocenters. The van der Waals surface area contributed by atoms with Gasteiger partial charge in [-0.05, 0) is 12.5 Å². The predicted molar refractivity (Wildman–Crippen MR) is 47.9 cm³/mol. The average molecular weight is 142 g/mol. The van der Waals surface area contributed by atoms with Gasteiger partial charge in [0.2, 0.25) is 0 Å². The van der Waals surface area contributed by atoms with E-state index in [4.69, 9.17) is 0 Å². The first-order valence-corrected chi connectivity index (χ1v) is 6.48. The van der Waals surface area contributed by atoms with Crippen molar-refractivity contribution in [2.24, 2.45) is 0 Å². The Hall–Kier alpha value is -0.0431. The van der Waals surface area contributed by atoms with Gasteiger partial charge in [-0.25, -0.2) is 0 Å². The Balaban J connectivity index is 2.86. The molecule has 0 bridgehead atoms. The summed E-state index contributed by atoms with van der Waals surface area (Å²) < 4.78 is 0. The Kier molecular flexibility index (Phi) is 7.92. The van der Waals surface area contributed by atoms with Crippen LogP contribution in [0, 0.1) is 0 Å². The van der Waals surface area contributed by atoms with Crippen LogP contribution in [0.2, 0.25) is 12.6 Å². The highest BCUT2D eigenvalue weighted by molar-refractivity contribution is 6.34. The molecular formula is C8H18Si. The van der Waals surface area contributed by atoms with Crippen LogP contribution in [0.25, 0.3) is 0 Å². The van der Waals surface area contributed by atoms with Crippen molar-refractivity contribution in [2.45, 2.75) is 38.8 Å². The lowest BCUT2D eigenvalue weighted by atomic mass is 10.2. The highest BCUT2D eigenvalue weighted by atomic mass is 28.2. The third-order valence-corrected chi connectivity index (χ3v) is 2.26. The van der Waals surface area contributed by atoms with Crippen LogP contribution in [0.5, 0.6) is 0 Å². The SMILES string of the molecule is CCCCC=CC[SiH2]C. The van der Waals surface area contributed by atoms with Gasteiger partial charge in [-0.2, -0.15) is 0 Å². The summed E-state index contributed by atoms with van der Waals surface area (Å²) in [6, 6.07) is 1.39. The number of unbranched alkanes of at least 4 members (excludes halogenated alkanes) is 2. The van der Waals surface area contributed by atoms with Crippen LogP contribution in [0.15, 0.2) is 12.2 Å². The summed E-state index contributed by atoms with van der Waals surface area (Å²) in [5, 5.41) is 0. The highest BCUT2D eigenvalue weighted by Crippen LogP contribution is 1.95. The monoisotopic (exact) mass is 142 g/mol. The van der Waals surface area contributed by atoms with Crippen molar-refractivity contribution in [3.63, 3.8) is 0 Å². The fourth-order valence-electron chi connectivity index (χ4n) is 0.724. The molecule has 9 heavy (non-hydrogen) atoms. The minimum absolute atomic E-state index is 0.293. The zero-order valence-electron chi connectivity index (χ0n) is 6.69. The molecular weight excluding hydrogens is 124 g/mol. The highest BCUT2D eigenvalue weighted by Gasteiger charge is 1.76. The van der Waals surface area contributed by atoms with Crippen LogP contribution in [-0.2, 0) is 0 Å². The van der Waals surface area contributed by atoms with Crippen LogP contribution in [0.3, 0.4) is 0 Å². The van der Waals surface area contributed by atoms with E-state index in [2.05, 4.69) is 25.6 Å². The molecule has 0 heterocycles. The summed E-state index contributed by atoms with van der Waals surface area (Å²) in [4.78, 5) is 0. The Morgan fingerprint density at radius 1 is 1.33 bits per heavy atom. The molecule has 0 aliphatic carbocycles. The Morgan fingerprint density at radius 2 is 2.11 bits per heavy atom. The summed E-state index contributed by atoms with van der Waals surface area (Å²) in [5.74, 6) is 0. The minimum atomic E-state index is 0.293. The summed E-state index contributed by atoms with van der Waals surface area (Å²) in [6.07, 6.45) is 8.67. The Labute approximate surface area is 61.2 Å². The smallest absolute Gasteiger partial charge is 0.0209 e. The summed E-state index contributed by atoms with van der Waals surface area (Å²) >= 11 is 0. The number of hydrogen-bond donors (Lipinski definition) is 0. The minimum Gasteiger partial charge on any atom is -0.0918 e. The number of rotatable bonds is 5. The van der Waals surface area contributed by atoms with Gasteiger partial charge < -0.3 is 0 Å². The molecule has 0 aliphatic heterocycles. The van der Waals surface area contributed by atoms with E-state index in [0.717, 1.165) is 0 Å². The zero-order chi connectivity index (χ0) is 6.95. The van der Waals surface area contributed by atoms with E-state index >= 15 is 0 Å². The molecule has 0 aromatic heterocycles. The van der Waals surface area contributed by atoms with Crippen LogP contribution >= 0.6 is 0 Å². The molecule has 0 nitrogen and oxygen atoms in total. The molecule has 0 N–H and O–H groups in total. The molecule has 0 aromatic carbocycles. The van der Waals surface area contributed by atoms with Crippen LogP contribution < -0.4 is 0 Å². The van der Waals surface area contributed by atoms with E-state index in [9.17, 15) is 0 Å². The molecule has 0 amide bonds. The molecule has 1 heteroatoms. The van der Waals surface area contributed by atoms with Crippen molar-refractivity contribution in [3.8, 4) is 0 Å². The summed E-state index contributed by atoms with van der Waals surface area (Å²) in [5.41, 5.74) is 0. The second-order valence-electron chi connectivity index (χ2n) is 2.40. The van der Waals surface area contributed by atoms with Gasteiger partial charge in [0.05, 0.1) is 0 Å². The van der Waals surface area contributed by atoms with E-state index in [1.165, 1.54) is 25.3 Å². The molecule has 0 saturated carbocycles. The normalized spacial score (nSPS) is 12.2. The van der Waals surface area contributed by atoms with Gasteiger partial charge in [0, 0.05) is 9.52 Å².